The predicted molar refractivity (Wildman–Crippen MR) is 83.1 cm³/mol. The average Bonchev–Trinajstić information content (AvgIpc) is 2.78. The molecule has 2 rings (SSSR count). The van der Waals surface area contributed by atoms with E-state index in [1.54, 1.807) is 6.07 Å². The summed E-state index contributed by atoms with van der Waals surface area (Å²) in [4.78, 5) is 11.9. The highest BCUT2D eigenvalue weighted by Gasteiger charge is 2.25. The molecule has 3 N–H and O–H groups in total. The van der Waals surface area contributed by atoms with Crippen LogP contribution in [0.4, 0.5) is 0 Å². The molecule has 1 aliphatic carbocycles. The van der Waals surface area contributed by atoms with Crippen LogP contribution in [-0.4, -0.2) is 18.5 Å². The molecule has 5 heteroatoms. The molecule has 1 saturated carbocycles. The van der Waals surface area contributed by atoms with Gasteiger partial charge in [0.15, 0.2) is 0 Å². The standard InChI is InChI=1S/C15H20Cl2N2O/c16-12-5-4-10(13(17)9-12)6-7-19-15(20)8-11-2-1-3-14(11)18/h4-5,9,11,14H,1-3,6-8,18H2,(H,19,20)/t11-,14+/m0/s1. The fraction of sp³-hybridized carbons (Fsp3) is 0.533. The number of hydrogen-bond donors (Lipinski definition) is 2. The highest BCUT2D eigenvalue weighted by Crippen LogP contribution is 2.26. The summed E-state index contributed by atoms with van der Waals surface area (Å²) in [6, 6.07) is 5.61. The summed E-state index contributed by atoms with van der Waals surface area (Å²) in [7, 11) is 0. The minimum Gasteiger partial charge on any atom is -0.356 e. The largest absolute Gasteiger partial charge is 0.356 e. The van der Waals surface area contributed by atoms with E-state index in [0.717, 1.165) is 24.8 Å². The number of halogens is 2. The maximum absolute atomic E-state index is 11.9. The maximum Gasteiger partial charge on any atom is 0.220 e. The Bertz CT molecular complexity index is 479. The zero-order valence-corrected chi connectivity index (χ0v) is 12.9. The summed E-state index contributed by atoms with van der Waals surface area (Å²) in [5.41, 5.74) is 6.97. The second-order valence-electron chi connectivity index (χ2n) is 5.39. The highest BCUT2D eigenvalue weighted by molar-refractivity contribution is 6.35. The zero-order valence-electron chi connectivity index (χ0n) is 11.4. The fourth-order valence-corrected chi connectivity index (χ4v) is 3.19. The van der Waals surface area contributed by atoms with E-state index in [-0.39, 0.29) is 11.9 Å². The van der Waals surface area contributed by atoms with Gasteiger partial charge in [-0.05, 0) is 42.9 Å². The molecule has 1 fully saturated rings. The molecule has 0 spiro atoms. The molecule has 110 valence electrons. The van der Waals surface area contributed by atoms with E-state index >= 15 is 0 Å². The Balaban J connectivity index is 1.73. The first-order chi connectivity index (χ1) is 9.56. The van der Waals surface area contributed by atoms with Gasteiger partial charge in [0.2, 0.25) is 5.91 Å². The van der Waals surface area contributed by atoms with E-state index < -0.39 is 0 Å². The number of hydrogen-bond acceptors (Lipinski definition) is 2. The smallest absolute Gasteiger partial charge is 0.220 e. The summed E-state index contributed by atoms with van der Waals surface area (Å²) >= 11 is 11.9. The molecular formula is C15H20Cl2N2O. The van der Waals surface area contributed by atoms with Crippen LogP contribution in [0.3, 0.4) is 0 Å². The van der Waals surface area contributed by atoms with Crippen molar-refractivity contribution in [3.05, 3.63) is 33.8 Å². The van der Waals surface area contributed by atoms with Crippen LogP contribution < -0.4 is 11.1 Å². The molecule has 2 atom stereocenters. The predicted octanol–water partition coefficient (Wildman–Crippen LogP) is 3.17. The Morgan fingerprint density at radius 2 is 2.15 bits per heavy atom. The van der Waals surface area contributed by atoms with Gasteiger partial charge in [-0.1, -0.05) is 35.7 Å². The van der Waals surface area contributed by atoms with Gasteiger partial charge in [-0.2, -0.15) is 0 Å². The van der Waals surface area contributed by atoms with Gasteiger partial charge in [-0.25, -0.2) is 0 Å². The van der Waals surface area contributed by atoms with Gasteiger partial charge in [-0.15, -0.1) is 0 Å². The van der Waals surface area contributed by atoms with Crippen LogP contribution in [0.5, 0.6) is 0 Å². The molecule has 1 aromatic rings. The van der Waals surface area contributed by atoms with E-state index in [0.29, 0.717) is 35.3 Å². The van der Waals surface area contributed by atoms with Crippen LogP contribution >= 0.6 is 23.2 Å². The Labute approximate surface area is 129 Å². The number of rotatable bonds is 5. The lowest BCUT2D eigenvalue weighted by molar-refractivity contribution is -0.122. The molecule has 0 aliphatic heterocycles. The van der Waals surface area contributed by atoms with Crippen molar-refractivity contribution in [3.8, 4) is 0 Å². The Morgan fingerprint density at radius 3 is 2.80 bits per heavy atom. The van der Waals surface area contributed by atoms with Gasteiger partial charge in [0, 0.05) is 29.1 Å². The zero-order chi connectivity index (χ0) is 14.5. The van der Waals surface area contributed by atoms with Gasteiger partial charge in [-0.3, -0.25) is 4.79 Å². The fourth-order valence-electron chi connectivity index (χ4n) is 2.69. The van der Waals surface area contributed by atoms with E-state index in [2.05, 4.69) is 5.32 Å². The molecule has 1 aromatic carbocycles. The van der Waals surface area contributed by atoms with Crippen molar-refractivity contribution in [1.82, 2.24) is 5.32 Å². The Hall–Kier alpha value is -0.770. The lowest BCUT2D eigenvalue weighted by atomic mass is 10.00. The van der Waals surface area contributed by atoms with Crippen LogP contribution in [0, 0.1) is 5.92 Å². The number of benzene rings is 1. The summed E-state index contributed by atoms with van der Waals surface area (Å²) in [5.74, 6) is 0.423. The van der Waals surface area contributed by atoms with Crippen molar-refractivity contribution in [3.63, 3.8) is 0 Å². The minimum absolute atomic E-state index is 0.0810. The lowest BCUT2D eigenvalue weighted by Gasteiger charge is -2.14. The summed E-state index contributed by atoms with van der Waals surface area (Å²) in [6.07, 6.45) is 4.49. The van der Waals surface area contributed by atoms with E-state index in [4.69, 9.17) is 28.9 Å². The molecule has 0 saturated heterocycles. The molecule has 0 radical (unpaired) electrons. The van der Waals surface area contributed by atoms with Crippen LogP contribution in [0.15, 0.2) is 18.2 Å². The van der Waals surface area contributed by atoms with Crippen molar-refractivity contribution in [1.29, 1.82) is 0 Å². The van der Waals surface area contributed by atoms with Gasteiger partial charge in [0.1, 0.15) is 0 Å². The third kappa shape index (κ3) is 4.37. The molecular weight excluding hydrogens is 295 g/mol. The number of nitrogens with one attached hydrogen (secondary N) is 1. The van der Waals surface area contributed by atoms with Crippen molar-refractivity contribution >= 4 is 29.1 Å². The van der Waals surface area contributed by atoms with Crippen LogP contribution in [-0.2, 0) is 11.2 Å². The lowest BCUT2D eigenvalue weighted by Crippen LogP contribution is -2.32. The van der Waals surface area contributed by atoms with Gasteiger partial charge < -0.3 is 11.1 Å². The topological polar surface area (TPSA) is 55.1 Å². The highest BCUT2D eigenvalue weighted by atomic mass is 35.5. The number of amides is 1. The first kappa shape index (κ1) is 15.6. The molecule has 20 heavy (non-hydrogen) atoms. The van der Waals surface area contributed by atoms with Crippen LogP contribution in [0.2, 0.25) is 10.0 Å². The van der Waals surface area contributed by atoms with E-state index in [1.165, 1.54) is 0 Å². The third-order valence-electron chi connectivity index (χ3n) is 3.90. The van der Waals surface area contributed by atoms with Crippen molar-refractivity contribution in [2.45, 2.75) is 38.1 Å². The van der Waals surface area contributed by atoms with Crippen molar-refractivity contribution in [2.75, 3.05) is 6.54 Å². The normalized spacial score (nSPS) is 21.9. The van der Waals surface area contributed by atoms with E-state index in [1.807, 2.05) is 12.1 Å². The molecule has 0 bridgehead atoms. The molecule has 1 amide bonds. The molecule has 0 aromatic heterocycles. The summed E-state index contributed by atoms with van der Waals surface area (Å²) in [5, 5.41) is 4.20. The Kier molecular flexibility index (Phi) is 5.70. The van der Waals surface area contributed by atoms with Gasteiger partial charge >= 0.3 is 0 Å². The Morgan fingerprint density at radius 1 is 1.35 bits per heavy atom. The number of nitrogens with two attached hydrogens (primary N) is 1. The monoisotopic (exact) mass is 314 g/mol. The number of carbonyl (C=O) groups excluding carboxylic acids is 1. The first-order valence-electron chi connectivity index (χ1n) is 7.02. The summed E-state index contributed by atoms with van der Waals surface area (Å²) < 4.78 is 0. The van der Waals surface area contributed by atoms with Crippen molar-refractivity contribution < 1.29 is 4.79 Å². The molecule has 1 aliphatic rings. The average molecular weight is 315 g/mol. The van der Waals surface area contributed by atoms with Crippen LogP contribution in [0.1, 0.15) is 31.2 Å². The quantitative estimate of drug-likeness (QED) is 0.877. The van der Waals surface area contributed by atoms with Gasteiger partial charge in [0.05, 0.1) is 0 Å². The third-order valence-corrected chi connectivity index (χ3v) is 4.48. The second-order valence-corrected chi connectivity index (χ2v) is 6.24. The SMILES string of the molecule is N[C@@H]1CCC[C@H]1CC(=O)NCCc1ccc(Cl)cc1Cl. The molecule has 3 nitrogen and oxygen atoms in total. The second kappa shape index (κ2) is 7.30. The van der Waals surface area contributed by atoms with Gasteiger partial charge in [0.25, 0.3) is 0 Å². The first-order valence-corrected chi connectivity index (χ1v) is 7.78. The van der Waals surface area contributed by atoms with Crippen molar-refractivity contribution in [2.24, 2.45) is 11.7 Å². The van der Waals surface area contributed by atoms with E-state index in [9.17, 15) is 4.79 Å². The minimum atomic E-state index is 0.0810. The maximum atomic E-state index is 11.9. The number of carbonyl (C=O) groups is 1. The molecule has 0 heterocycles. The molecule has 0 unspecified atom stereocenters. The van der Waals surface area contributed by atoms with Crippen LogP contribution in [0.25, 0.3) is 0 Å². The summed E-state index contributed by atoms with van der Waals surface area (Å²) in [6.45, 7) is 0.585.